The van der Waals surface area contributed by atoms with Crippen LogP contribution in [0.15, 0.2) is 24.3 Å². The van der Waals surface area contributed by atoms with Crippen molar-refractivity contribution < 1.29 is 19.1 Å². The summed E-state index contributed by atoms with van der Waals surface area (Å²) in [6.45, 7) is 5.17. The second kappa shape index (κ2) is 8.34. The summed E-state index contributed by atoms with van der Waals surface area (Å²) < 4.78 is 10.7. The molecule has 1 heterocycles. The first-order valence-corrected chi connectivity index (χ1v) is 8.59. The second-order valence-corrected chi connectivity index (χ2v) is 7.00. The summed E-state index contributed by atoms with van der Waals surface area (Å²) in [5.41, 5.74) is 0.539. The molecule has 1 aromatic carbocycles. The predicted octanol–water partition coefficient (Wildman–Crippen LogP) is 1.97. The Morgan fingerprint density at radius 3 is 2.72 bits per heavy atom. The van der Waals surface area contributed by atoms with Crippen LogP contribution in [0.25, 0.3) is 0 Å². The Labute approximate surface area is 149 Å². The van der Waals surface area contributed by atoms with Gasteiger partial charge in [-0.15, -0.1) is 0 Å². The Balaban J connectivity index is 1.99. The Morgan fingerprint density at radius 1 is 1.32 bits per heavy atom. The van der Waals surface area contributed by atoms with Gasteiger partial charge in [-0.25, -0.2) is 0 Å². The van der Waals surface area contributed by atoms with Gasteiger partial charge in [0.15, 0.2) is 0 Å². The van der Waals surface area contributed by atoms with E-state index in [1.807, 2.05) is 38.1 Å². The molecular weight excluding hydrogens is 320 g/mol. The maximum atomic E-state index is 12.5. The average molecular weight is 348 g/mol. The van der Waals surface area contributed by atoms with Crippen LogP contribution in [-0.4, -0.2) is 49.6 Å². The Hall–Kier alpha value is -2.08. The highest BCUT2D eigenvalue weighted by molar-refractivity contribution is 5.83. The number of carbonyl (C=O) groups is 2. The molecule has 138 valence electrons. The number of nitrogens with one attached hydrogen (secondary N) is 1. The highest BCUT2D eigenvalue weighted by Crippen LogP contribution is 2.24. The molecule has 1 aromatic rings. The first kappa shape index (κ1) is 19.2. The fourth-order valence-corrected chi connectivity index (χ4v) is 2.84. The number of hydrogen-bond acceptors (Lipinski definition) is 4. The average Bonchev–Trinajstić information content (AvgIpc) is 2.62. The van der Waals surface area contributed by atoms with E-state index in [0.29, 0.717) is 32.5 Å². The van der Waals surface area contributed by atoms with Crippen LogP contribution >= 0.6 is 0 Å². The zero-order chi connectivity index (χ0) is 18.4. The van der Waals surface area contributed by atoms with Crippen LogP contribution in [0.2, 0.25) is 0 Å². The molecule has 0 unspecified atom stereocenters. The molecule has 1 atom stereocenters. The van der Waals surface area contributed by atoms with Gasteiger partial charge < -0.3 is 19.7 Å². The molecule has 2 rings (SSSR count). The number of hydrogen-bond donors (Lipinski definition) is 1. The fraction of sp³-hybridized carbons (Fsp3) is 0.579. The van der Waals surface area contributed by atoms with Crippen molar-refractivity contribution in [2.45, 2.75) is 38.8 Å². The number of benzene rings is 1. The first-order chi connectivity index (χ1) is 11.9. The molecule has 0 radical (unpaired) electrons. The lowest BCUT2D eigenvalue weighted by Crippen LogP contribution is -2.48. The van der Waals surface area contributed by atoms with E-state index in [-0.39, 0.29) is 17.7 Å². The van der Waals surface area contributed by atoms with Crippen molar-refractivity contribution in [3.05, 3.63) is 29.8 Å². The van der Waals surface area contributed by atoms with Gasteiger partial charge in [-0.2, -0.15) is 0 Å². The summed E-state index contributed by atoms with van der Waals surface area (Å²) in [6.07, 6.45) is 0.974. The molecule has 25 heavy (non-hydrogen) atoms. The van der Waals surface area contributed by atoms with Crippen LogP contribution in [0.4, 0.5) is 0 Å². The van der Waals surface area contributed by atoms with Crippen molar-refractivity contribution in [1.82, 2.24) is 10.2 Å². The minimum absolute atomic E-state index is 0.0253. The van der Waals surface area contributed by atoms with Crippen LogP contribution in [0.5, 0.6) is 5.75 Å². The van der Waals surface area contributed by atoms with Crippen LogP contribution in [0.1, 0.15) is 32.3 Å². The van der Waals surface area contributed by atoms with Gasteiger partial charge in [-0.1, -0.05) is 18.2 Å². The molecule has 1 saturated heterocycles. The van der Waals surface area contributed by atoms with E-state index in [9.17, 15) is 9.59 Å². The van der Waals surface area contributed by atoms with Gasteiger partial charge in [0.25, 0.3) is 0 Å². The van der Waals surface area contributed by atoms with Gasteiger partial charge in [0.2, 0.25) is 11.8 Å². The zero-order valence-electron chi connectivity index (χ0n) is 15.5. The molecule has 2 amide bonds. The van der Waals surface area contributed by atoms with E-state index < -0.39 is 5.60 Å². The lowest BCUT2D eigenvalue weighted by molar-refractivity contribution is -0.139. The minimum atomic E-state index is -0.406. The van der Waals surface area contributed by atoms with E-state index in [1.54, 1.807) is 19.1 Å². The van der Waals surface area contributed by atoms with E-state index in [1.165, 1.54) is 0 Å². The van der Waals surface area contributed by atoms with E-state index in [2.05, 4.69) is 5.32 Å². The van der Waals surface area contributed by atoms with Crippen molar-refractivity contribution in [3.8, 4) is 5.75 Å². The topological polar surface area (TPSA) is 67.9 Å². The Kier molecular flexibility index (Phi) is 6.42. The van der Waals surface area contributed by atoms with Gasteiger partial charge >= 0.3 is 0 Å². The smallest absolute Gasteiger partial charge is 0.225 e. The molecule has 0 aliphatic carbocycles. The number of carbonyl (C=O) groups excluding carboxylic acids is 2. The number of methoxy groups -OCH3 is 2. The quantitative estimate of drug-likeness (QED) is 0.818. The summed E-state index contributed by atoms with van der Waals surface area (Å²) >= 11 is 0. The number of ether oxygens (including phenoxy) is 2. The summed E-state index contributed by atoms with van der Waals surface area (Å²) in [5.74, 6) is 0.610. The van der Waals surface area contributed by atoms with E-state index in [4.69, 9.17) is 9.47 Å². The third-order valence-corrected chi connectivity index (χ3v) is 4.67. The fourth-order valence-electron chi connectivity index (χ4n) is 2.84. The third kappa shape index (κ3) is 5.19. The van der Waals surface area contributed by atoms with Gasteiger partial charge in [-0.05, 0) is 26.3 Å². The van der Waals surface area contributed by atoms with Gasteiger partial charge in [0.05, 0.1) is 18.6 Å². The standard InChI is InChI=1S/C19H28N2O4/c1-19(2,25-4)13-20-18(23)15-9-10-17(22)21(12-15)11-14-7-5-6-8-16(14)24-3/h5-8,15H,9-13H2,1-4H3,(H,20,23)/t15-/m1/s1. The van der Waals surface area contributed by atoms with Crippen molar-refractivity contribution in [1.29, 1.82) is 0 Å². The molecule has 0 bridgehead atoms. The summed E-state index contributed by atoms with van der Waals surface area (Å²) in [5, 5.41) is 2.94. The molecule has 1 aliphatic heterocycles. The number of nitrogens with zero attached hydrogens (tertiary/aromatic N) is 1. The molecular formula is C19H28N2O4. The van der Waals surface area contributed by atoms with Crippen LogP contribution in [-0.2, 0) is 20.9 Å². The zero-order valence-corrected chi connectivity index (χ0v) is 15.5. The molecule has 6 nitrogen and oxygen atoms in total. The summed E-state index contributed by atoms with van der Waals surface area (Å²) in [4.78, 5) is 26.5. The van der Waals surface area contributed by atoms with Crippen LogP contribution in [0, 0.1) is 5.92 Å². The van der Waals surface area contributed by atoms with E-state index >= 15 is 0 Å². The van der Waals surface area contributed by atoms with E-state index in [0.717, 1.165) is 11.3 Å². The molecule has 0 spiro atoms. The lowest BCUT2D eigenvalue weighted by Gasteiger charge is -2.33. The first-order valence-electron chi connectivity index (χ1n) is 8.59. The number of amides is 2. The highest BCUT2D eigenvalue weighted by Gasteiger charge is 2.31. The Morgan fingerprint density at radius 2 is 2.04 bits per heavy atom. The van der Waals surface area contributed by atoms with Gasteiger partial charge in [0.1, 0.15) is 5.75 Å². The third-order valence-electron chi connectivity index (χ3n) is 4.67. The van der Waals surface area contributed by atoms with Crippen molar-refractivity contribution in [3.63, 3.8) is 0 Å². The lowest BCUT2D eigenvalue weighted by atomic mass is 9.95. The summed E-state index contributed by atoms with van der Waals surface area (Å²) in [6, 6.07) is 7.63. The van der Waals surface area contributed by atoms with Gasteiger partial charge in [0, 0.05) is 38.7 Å². The van der Waals surface area contributed by atoms with Crippen LogP contribution < -0.4 is 10.1 Å². The Bertz CT molecular complexity index is 615. The number of piperidine rings is 1. The largest absolute Gasteiger partial charge is 0.496 e. The molecule has 6 heteroatoms. The number of rotatable bonds is 7. The SMILES string of the molecule is COc1ccccc1CN1C[C@H](C(=O)NCC(C)(C)OC)CCC1=O. The van der Waals surface area contributed by atoms with Crippen LogP contribution in [0.3, 0.4) is 0 Å². The monoisotopic (exact) mass is 348 g/mol. The maximum Gasteiger partial charge on any atom is 0.225 e. The second-order valence-electron chi connectivity index (χ2n) is 7.00. The van der Waals surface area contributed by atoms with Crippen molar-refractivity contribution >= 4 is 11.8 Å². The molecule has 1 aliphatic rings. The van der Waals surface area contributed by atoms with Crippen molar-refractivity contribution in [2.24, 2.45) is 5.92 Å². The summed E-state index contributed by atoms with van der Waals surface area (Å²) in [7, 11) is 3.24. The number of likely N-dealkylation sites (tertiary alicyclic amines) is 1. The van der Waals surface area contributed by atoms with Gasteiger partial charge in [-0.3, -0.25) is 9.59 Å². The van der Waals surface area contributed by atoms with Crippen molar-refractivity contribution in [2.75, 3.05) is 27.3 Å². The highest BCUT2D eigenvalue weighted by atomic mass is 16.5. The normalized spacial score (nSPS) is 18.2. The predicted molar refractivity (Wildman–Crippen MR) is 95.2 cm³/mol. The molecule has 0 aromatic heterocycles. The maximum absolute atomic E-state index is 12.5. The number of para-hydroxylation sites is 1. The minimum Gasteiger partial charge on any atom is -0.496 e. The molecule has 1 fully saturated rings. The molecule has 0 saturated carbocycles. The molecule has 1 N–H and O–H groups in total.